The molecule has 0 rings (SSSR count). The second-order valence-electron chi connectivity index (χ2n) is 6.40. The molecule has 0 aromatic heterocycles. The molecule has 9 heteroatoms. The molecular formula is C18H41NO7Si. The number of aliphatic hydroxyl groups is 1. The van der Waals surface area contributed by atoms with Crippen LogP contribution in [0.15, 0.2) is 0 Å². The van der Waals surface area contributed by atoms with E-state index in [2.05, 4.69) is 0 Å². The van der Waals surface area contributed by atoms with Gasteiger partial charge >= 0.3 is 8.80 Å². The number of aliphatic hydroxyl groups excluding tert-OH is 1. The van der Waals surface area contributed by atoms with Crippen molar-refractivity contribution in [3.8, 4) is 0 Å². The maximum Gasteiger partial charge on any atom is 0.501 e. The van der Waals surface area contributed by atoms with Gasteiger partial charge in [-0.15, -0.1) is 0 Å². The average molecular weight is 412 g/mol. The first kappa shape index (κ1) is 26.9. The van der Waals surface area contributed by atoms with Crippen molar-refractivity contribution in [1.29, 1.82) is 0 Å². The molecule has 0 spiro atoms. The lowest BCUT2D eigenvalue weighted by molar-refractivity contribution is -0.0257. The van der Waals surface area contributed by atoms with E-state index in [0.29, 0.717) is 58.5 Å². The molecular weight excluding hydrogens is 370 g/mol. The maximum atomic E-state index is 10.5. The first-order valence-electron chi connectivity index (χ1n) is 9.88. The van der Waals surface area contributed by atoms with Gasteiger partial charge in [0.05, 0.1) is 12.7 Å². The highest BCUT2D eigenvalue weighted by Gasteiger charge is 2.39. The molecule has 1 atom stereocenters. The maximum absolute atomic E-state index is 10.5. The number of hydrogen-bond donors (Lipinski definition) is 2. The van der Waals surface area contributed by atoms with Crippen LogP contribution in [-0.2, 0) is 27.5 Å². The van der Waals surface area contributed by atoms with E-state index >= 15 is 0 Å². The van der Waals surface area contributed by atoms with Gasteiger partial charge in [0.1, 0.15) is 0 Å². The quantitative estimate of drug-likeness (QED) is 0.244. The summed E-state index contributed by atoms with van der Waals surface area (Å²) in [6.07, 6.45) is 1.00. The highest BCUT2D eigenvalue weighted by atomic mass is 28.4. The molecule has 164 valence electrons. The van der Waals surface area contributed by atoms with Gasteiger partial charge in [-0.25, -0.2) is 0 Å². The van der Waals surface area contributed by atoms with Crippen molar-refractivity contribution in [3.63, 3.8) is 0 Å². The summed E-state index contributed by atoms with van der Waals surface area (Å²) < 4.78 is 33.4. The van der Waals surface area contributed by atoms with Crippen LogP contribution >= 0.6 is 0 Å². The summed E-state index contributed by atoms with van der Waals surface area (Å²) in [7, 11) is 0.587. The van der Waals surface area contributed by atoms with Gasteiger partial charge in [-0.3, -0.25) is 0 Å². The molecule has 0 aliphatic rings. The third-order valence-corrected chi connectivity index (χ3v) is 7.50. The Hall–Kier alpha value is -0.103. The van der Waals surface area contributed by atoms with E-state index in [-0.39, 0.29) is 6.61 Å². The summed E-state index contributed by atoms with van der Waals surface area (Å²) in [5.74, 6) is 0. The van der Waals surface area contributed by atoms with E-state index in [4.69, 9.17) is 33.2 Å². The van der Waals surface area contributed by atoms with Crippen LogP contribution in [0.3, 0.4) is 0 Å². The zero-order valence-electron chi connectivity index (χ0n) is 17.8. The number of hydrogen-bond acceptors (Lipinski definition) is 8. The van der Waals surface area contributed by atoms with Gasteiger partial charge in [0.15, 0.2) is 0 Å². The molecule has 0 heterocycles. The van der Waals surface area contributed by atoms with Crippen molar-refractivity contribution in [2.45, 2.75) is 57.7 Å². The van der Waals surface area contributed by atoms with Crippen molar-refractivity contribution >= 4 is 8.80 Å². The number of methoxy groups -OCH3 is 2. The summed E-state index contributed by atoms with van der Waals surface area (Å²) in [6, 6.07) is 0.680. The first-order chi connectivity index (χ1) is 12.9. The molecule has 0 saturated carbocycles. The Morgan fingerprint density at radius 3 is 1.78 bits per heavy atom. The SMILES string of the molecule is CCO[Si](CCCOCC(O)C(N)(CCOC)CCOC)(OCC)OCC. The Labute approximate surface area is 166 Å². The minimum Gasteiger partial charge on any atom is -0.389 e. The van der Waals surface area contributed by atoms with Gasteiger partial charge in [0.2, 0.25) is 0 Å². The van der Waals surface area contributed by atoms with Gasteiger partial charge in [-0.05, 0) is 40.0 Å². The predicted molar refractivity (Wildman–Crippen MR) is 107 cm³/mol. The molecule has 3 N–H and O–H groups in total. The lowest BCUT2D eigenvalue weighted by atomic mass is 9.87. The van der Waals surface area contributed by atoms with Gasteiger partial charge in [-0.1, -0.05) is 0 Å². The van der Waals surface area contributed by atoms with Crippen molar-refractivity contribution in [3.05, 3.63) is 0 Å². The third-order valence-electron chi connectivity index (χ3n) is 4.35. The molecule has 0 bridgehead atoms. The van der Waals surface area contributed by atoms with Gasteiger partial charge in [-0.2, -0.15) is 0 Å². The fraction of sp³-hybridized carbons (Fsp3) is 1.00. The molecule has 0 aromatic rings. The van der Waals surface area contributed by atoms with E-state index in [9.17, 15) is 5.11 Å². The summed E-state index contributed by atoms with van der Waals surface area (Å²) in [6.45, 7) is 9.07. The molecule has 1 unspecified atom stereocenters. The lowest BCUT2D eigenvalue weighted by Gasteiger charge is -2.34. The van der Waals surface area contributed by atoms with Gasteiger partial charge in [0, 0.05) is 65.4 Å². The molecule has 0 aliphatic carbocycles. The summed E-state index contributed by atoms with van der Waals surface area (Å²) in [5.41, 5.74) is 5.57. The van der Waals surface area contributed by atoms with Crippen molar-refractivity contribution in [2.75, 3.05) is 60.5 Å². The van der Waals surface area contributed by atoms with Crippen molar-refractivity contribution in [2.24, 2.45) is 5.73 Å². The zero-order valence-corrected chi connectivity index (χ0v) is 18.8. The van der Waals surface area contributed by atoms with Crippen molar-refractivity contribution < 1.29 is 32.6 Å². The minimum absolute atomic E-state index is 0.163. The fourth-order valence-corrected chi connectivity index (χ4v) is 5.38. The third kappa shape index (κ3) is 10.9. The Morgan fingerprint density at radius 1 is 0.889 bits per heavy atom. The Kier molecular flexibility index (Phi) is 15.7. The zero-order chi connectivity index (χ0) is 20.6. The first-order valence-corrected chi connectivity index (χ1v) is 11.8. The Morgan fingerprint density at radius 2 is 1.37 bits per heavy atom. The highest BCUT2D eigenvalue weighted by molar-refractivity contribution is 6.60. The van der Waals surface area contributed by atoms with Gasteiger partial charge < -0.3 is 38.3 Å². The van der Waals surface area contributed by atoms with E-state index in [0.717, 1.165) is 6.42 Å². The van der Waals surface area contributed by atoms with Gasteiger partial charge in [0.25, 0.3) is 0 Å². The van der Waals surface area contributed by atoms with Crippen LogP contribution < -0.4 is 5.73 Å². The lowest BCUT2D eigenvalue weighted by Crippen LogP contribution is -2.54. The summed E-state index contributed by atoms with van der Waals surface area (Å²) >= 11 is 0. The van der Waals surface area contributed by atoms with E-state index in [1.165, 1.54) is 0 Å². The standard InChI is InChI=1S/C18H41NO7Si/c1-6-24-27(25-7-2,26-8-3)15-9-12-23-16-17(20)18(19,10-13-21-4)11-14-22-5/h17,20H,6-16,19H2,1-5H3. The van der Waals surface area contributed by atoms with Crippen LogP contribution in [0.2, 0.25) is 6.04 Å². The predicted octanol–water partition coefficient (Wildman–Crippen LogP) is 1.57. The van der Waals surface area contributed by atoms with Crippen molar-refractivity contribution in [1.82, 2.24) is 0 Å². The van der Waals surface area contributed by atoms with Crippen LogP contribution in [0.25, 0.3) is 0 Å². The molecule has 8 nitrogen and oxygen atoms in total. The molecule has 0 amide bonds. The largest absolute Gasteiger partial charge is 0.501 e. The number of nitrogens with two attached hydrogens (primary N) is 1. The molecule has 0 radical (unpaired) electrons. The van der Waals surface area contributed by atoms with E-state index in [1.54, 1.807) is 14.2 Å². The summed E-state index contributed by atoms with van der Waals surface area (Å²) in [4.78, 5) is 0. The van der Waals surface area contributed by atoms with Crippen LogP contribution in [0.5, 0.6) is 0 Å². The fourth-order valence-electron chi connectivity index (χ4n) is 2.80. The molecule has 27 heavy (non-hydrogen) atoms. The molecule has 0 aliphatic heterocycles. The topological polar surface area (TPSA) is 102 Å². The van der Waals surface area contributed by atoms with Crippen LogP contribution in [-0.4, -0.2) is 86.0 Å². The normalized spacial score (nSPS) is 13.9. The Balaban J connectivity index is 4.44. The Bertz CT molecular complexity index is 325. The molecule has 0 fully saturated rings. The highest BCUT2D eigenvalue weighted by Crippen LogP contribution is 2.20. The minimum atomic E-state index is -2.64. The van der Waals surface area contributed by atoms with Crippen LogP contribution in [0.1, 0.15) is 40.0 Å². The number of rotatable bonds is 19. The summed E-state index contributed by atoms with van der Waals surface area (Å²) in [5, 5.41) is 10.5. The van der Waals surface area contributed by atoms with Crippen LogP contribution in [0.4, 0.5) is 0 Å². The smallest absolute Gasteiger partial charge is 0.389 e. The monoisotopic (exact) mass is 411 g/mol. The van der Waals surface area contributed by atoms with E-state index in [1.807, 2.05) is 20.8 Å². The number of ether oxygens (including phenoxy) is 3. The van der Waals surface area contributed by atoms with E-state index < -0.39 is 20.4 Å². The van der Waals surface area contributed by atoms with Crippen LogP contribution in [0, 0.1) is 0 Å². The molecule has 0 saturated heterocycles. The second kappa shape index (κ2) is 15.8. The average Bonchev–Trinajstić information content (AvgIpc) is 2.65. The second-order valence-corrected chi connectivity index (χ2v) is 9.13. The molecule has 0 aromatic carbocycles.